The third-order valence-corrected chi connectivity index (χ3v) is 3.16. The second-order valence-corrected chi connectivity index (χ2v) is 5.92. The van der Waals surface area contributed by atoms with Crippen LogP contribution in [0, 0.1) is 5.92 Å². The van der Waals surface area contributed by atoms with E-state index >= 15 is 0 Å². The molecule has 0 saturated heterocycles. The lowest BCUT2D eigenvalue weighted by Gasteiger charge is -2.09. The van der Waals surface area contributed by atoms with E-state index in [1.807, 2.05) is 12.1 Å². The number of carbonyl (C=O) groups excluding carboxylic acids is 2. The van der Waals surface area contributed by atoms with Gasteiger partial charge in [0.05, 0.1) is 6.20 Å². The van der Waals surface area contributed by atoms with E-state index in [-0.39, 0.29) is 11.8 Å². The van der Waals surface area contributed by atoms with E-state index in [1.54, 1.807) is 35.2 Å². The first kappa shape index (κ1) is 17.5. The fourth-order valence-corrected chi connectivity index (χ4v) is 2.15. The Morgan fingerprint density at radius 2 is 1.88 bits per heavy atom. The lowest BCUT2D eigenvalue weighted by atomic mass is 10.2. The summed E-state index contributed by atoms with van der Waals surface area (Å²) in [6.07, 6.45) is 4.86. The van der Waals surface area contributed by atoms with Crippen LogP contribution in [0.2, 0.25) is 0 Å². The molecule has 0 spiro atoms. The van der Waals surface area contributed by atoms with Crippen LogP contribution in [0.5, 0.6) is 0 Å². The van der Waals surface area contributed by atoms with Crippen molar-refractivity contribution in [2.45, 2.75) is 27.3 Å². The number of carbonyl (C=O) groups is 2. The number of hydrogen-bond acceptors (Lipinski definition) is 3. The van der Waals surface area contributed by atoms with E-state index in [4.69, 9.17) is 0 Å². The quantitative estimate of drug-likeness (QED) is 0.801. The molecule has 0 saturated carbocycles. The number of rotatable bonds is 6. The van der Waals surface area contributed by atoms with Crippen molar-refractivity contribution in [1.82, 2.24) is 9.78 Å². The molecular formula is C18H22N4O2. The Kier molecular flexibility index (Phi) is 5.89. The molecule has 2 N–H and O–H groups in total. The van der Waals surface area contributed by atoms with Gasteiger partial charge in [-0.3, -0.25) is 9.59 Å². The highest BCUT2D eigenvalue weighted by molar-refractivity contribution is 6.01. The van der Waals surface area contributed by atoms with Crippen molar-refractivity contribution < 1.29 is 9.59 Å². The standard InChI is InChI=1S/C18H22N4O2/c1-13(2)12-22-17(10-11-19-22)21-18(24)9-6-15-4-7-16(8-5-15)20-14(3)23/h4-11,13H,12H2,1-3H3,(H,20,23)(H,21,24)/b9-6+. The molecule has 0 radical (unpaired) electrons. The minimum absolute atomic E-state index is 0.115. The van der Waals surface area contributed by atoms with E-state index in [0.717, 1.165) is 17.8 Å². The molecular weight excluding hydrogens is 304 g/mol. The van der Waals surface area contributed by atoms with Crippen molar-refractivity contribution in [3.63, 3.8) is 0 Å². The highest BCUT2D eigenvalue weighted by Crippen LogP contribution is 2.12. The van der Waals surface area contributed by atoms with Gasteiger partial charge in [-0.25, -0.2) is 4.68 Å². The number of anilines is 2. The Labute approximate surface area is 141 Å². The maximum atomic E-state index is 12.0. The second kappa shape index (κ2) is 8.10. The molecule has 0 bridgehead atoms. The van der Waals surface area contributed by atoms with Crippen molar-refractivity contribution in [1.29, 1.82) is 0 Å². The monoisotopic (exact) mass is 326 g/mol. The van der Waals surface area contributed by atoms with E-state index in [0.29, 0.717) is 11.7 Å². The van der Waals surface area contributed by atoms with Gasteiger partial charge in [0, 0.05) is 31.3 Å². The summed E-state index contributed by atoms with van der Waals surface area (Å²) in [5.74, 6) is 0.791. The van der Waals surface area contributed by atoms with Crippen molar-refractivity contribution in [2.24, 2.45) is 5.92 Å². The van der Waals surface area contributed by atoms with Crippen LogP contribution in [0.1, 0.15) is 26.3 Å². The molecule has 2 aromatic rings. The molecule has 2 rings (SSSR count). The fourth-order valence-electron chi connectivity index (χ4n) is 2.15. The summed E-state index contributed by atoms with van der Waals surface area (Å²) >= 11 is 0. The Bertz CT molecular complexity index is 730. The van der Waals surface area contributed by atoms with E-state index in [9.17, 15) is 9.59 Å². The molecule has 0 aliphatic rings. The Morgan fingerprint density at radius 3 is 2.50 bits per heavy atom. The summed E-state index contributed by atoms with van der Waals surface area (Å²) in [6.45, 7) is 6.40. The van der Waals surface area contributed by atoms with Gasteiger partial charge < -0.3 is 10.6 Å². The number of nitrogens with one attached hydrogen (secondary N) is 2. The van der Waals surface area contributed by atoms with Crippen LogP contribution < -0.4 is 10.6 Å². The van der Waals surface area contributed by atoms with Crippen LogP contribution >= 0.6 is 0 Å². The third-order valence-electron chi connectivity index (χ3n) is 3.16. The number of nitrogens with zero attached hydrogens (tertiary/aromatic N) is 2. The maximum absolute atomic E-state index is 12.0. The molecule has 0 aliphatic carbocycles. The van der Waals surface area contributed by atoms with Gasteiger partial charge in [-0.15, -0.1) is 0 Å². The highest BCUT2D eigenvalue weighted by Gasteiger charge is 2.06. The lowest BCUT2D eigenvalue weighted by molar-refractivity contribution is -0.114. The van der Waals surface area contributed by atoms with Crippen molar-refractivity contribution in [3.05, 3.63) is 48.2 Å². The lowest BCUT2D eigenvalue weighted by Crippen LogP contribution is -2.15. The average molecular weight is 326 g/mol. The predicted molar refractivity (Wildman–Crippen MR) is 95.5 cm³/mol. The SMILES string of the molecule is CC(=O)Nc1ccc(/C=C/C(=O)Nc2ccnn2CC(C)C)cc1. The van der Waals surface area contributed by atoms with Crippen LogP contribution in [-0.2, 0) is 16.1 Å². The van der Waals surface area contributed by atoms with Gasteiger partial charge >= 0.3 is 0 Å². The van der Waals surface area contributed by atoms with Gasteiger partial charge in [0.25, 0.3) is 0 Å². The average Bonchev–Trinajstić information content (AvgIpc) is 2.92. The fraction of sp³-hybridized carbons (Fsp3) is 0.278. The topological polar surface area (TPSA) is 76.0 Å². The Balaban J connectivity index is 1.95. The first-order valence-corrected chi connectivity index (χ1v) is 7.82. The van der Waals surface area contributed by atoms with Crippen molar-refractivity contribution in [2.75, 3.05) is 10.6 Å². The molecule has 24 heavy (non-hydrogen) atoms. The zero-order chi connectivity index (χ0) is 17.5. The summed E-state index contributed by atoms with van der Waals surface area (Å²) in [5.41, 5.74) is 1.59. The van der Waals surface area contributed by atoms with Crippen LogP contribution in [0.4, 0.5) is 11.5 Å². The zero-order valence-corrected chi connectivity index (χ0v) is 14.1. The van der Waals surface area contributed by atoms with Gasteiger partial charge in [-0.05, 0) is 29.7 Å². The Hall–Kier alpha value is -2.89. The summed E-state index contributed by atoms with van der Waals surface area (Å²) < 4.78 is 1.78. The zero-order valence-electron chi connectivity index (χ0n) is 14.1. The molecule has 1 aromatic carbocycles. The van der Waals surface area contributed by atoms with Crippen LogP contribution in [0.25, 0.3) is 6.08 Å². The van der Waals surface area contributed by atoms with Gasteiger partial charge in [0.15, 0.2) is 0 Å². The molecule has 0 aliphatic heterocycles. The van der Waals surface area contributed by atoms with Crippen LogP contribution in [0.15, 0.2) is 42.6 Å². The molecule has 0 unspecified atom stereocenters. The second-order valence-electron chi connectivity index (χ2n) is 5.92. The third kappa shape index (κ3) is 5.39. The molecule has 0 atom stereocenters. The molecule has 1 aromatic heterocycles. The van der Waals surface area contributed by atoms with E-state index in [2.05, 4.69) is 29.6 Å². The molecule has 0 fully saturated rings. The molecule has 2 amide bonds. The number of benzene rings is 1. The first-order chi connectivity index (χ1) is 11.4. The predicted octanol–water partition coefficient (Wildman–Crippen LogP) is 3.15. The largest absolute Gasteiger partial charge is 0.326 e. The molecule has 1 heterocycles. The molecule has 126 valence electrons. The highest BCUT2D eigenvalue weighted by atomic mass is 16.2. The molecule has 6 nitrogen and oxygen atoms in total. The normalized spacial score (nSPS) is 11.0. The van der Waals surface area contributed by atoms with E-state index in [1.165, 1.54) is 13.0 Å². The van der Waals surface area contributed by atoms with Gasteiger partial charge in [0.1, 0.15) is 5.82 Å². The smallest absolute Gasteiger partial charge is 0.249 e. The van der Waals surface area contributed by atoms with Crippen molar-refractivity contribution >= 4 is 29.4 Å². The van der Waals surface area contributed by atoms with Crippen LogP contribution in [0.3, 0.4) is 0 Å². The van der Waals surface area contributed by atoms with Gasteiger partial charge in [0.2, 0.25) is 11.8 Å². The summed E-state index contributed by atoms with van der Waals surface area (Å²) in [4.78, 5) is 23.0. The summed E-state index contributed by atoms with van der Waals surface area (Å²) in [7, 11) is 0. The van der Waals surface area contributed by atoms with Gasteiger partial charge in [-0.1, -0.05) is 26.0 Å². The first-order valence-electron chi connectivity index (χ1n) is 7.82. The van der Waals surface area contributed by atoms with Gasteiger partial charge in [-0.2, -0.15) is 5.10 Å². The molecule has 6 heteroatoms. The number of hydrogen-bond donors (Lipinski definition) is 2. The minimum Gasteiger partial charge on any atom is -0.326 e. The summed E-state index contributed by atoms with van der Waals surface area (Å²) in [5, 5.41) is 9.72. The number of amides is 2. The summed E-state index contributed by atoms with van der Waals surface area (Å²) in [6, 6.07) is 9.01. The Morgan fingerprint density at radius 1 is 1.17 bits per heavy atom. The van der Waals surface area contributed by atoms with Crippen LogP contribution in [-0.4, -0.2) is 21.6 Å². The van der Waals surface area contributed by atoms with Crippen molar-refractivity contribution in [3.8, 4) is 0 Å². The maximum Gasteiger partial charge on any atom is 0.249 e. The minimum atomic E-state index is -0.216. The number of aromatic nitrogens is 2. The van der Waals surface area contributed by atoms with E-state index < -0.39 is 0 Å².